The second-order valence-electron chi connectivity index (χ2n) is 5.08. The second-order valence-corrected chi connectivity index (χ2v) is 5.08. The number of nitrogens with zero attached hydrogens (tertiary/aromatic N) is 2. The Morgan fingerprint density at radius 3 is 2.81 bits per heavy atom. The van der Waals surface area contributed by atoms with Crippen molar-refractivity contribution < 1.29 is 9.47 Å². The maximum Gasteiger partial charge on any atom is 0.319 e. The van der Waals surface area contributed by atoms with E-state index in [1.165, 1.54) is 11.1 Å². The van der Waals surface area contributed by atoms with Gasteiger partial charge in [-0.1, -0.05) is 18.2 Å². The predicted octanol–water partition coefficient (Wildman–Crippen LogP) is 2.37. The summed E-state index contributed by atoms with van der Waals surface area (Å²) >= 11 is 0. The van der Waals surface area contributed by atoms with Gasteiger partial charge in [0.15, 0.2) is 0 Å². The zero-order valence-corrected chi connectivity index (χ0v) is 12.5. The molecule has 1 N–H and O–H groups in total. The van der Waals surface area contributed by atoms with Gasteiger partial charge in [-0.3, -0.25) is 0 Å². The Morgan fingerprint density at radius 1 is 1.19 bits per heavy atom. The molecule has 0 aliphatic carbocycles. The van der Waals surface area contributed by atoms with Crippen molar-refractivity contribution in [1.29, 1.82) is 0 Å². The number of benzene rings is 1. The Kier molecular flexibility index (Phi) is 3.75. The molecule has 2 heterocycles. The molecule has 5 nitrogen and oxygen atoms in total. The maximum absolute atomic E-state index is 5.41. The third-order valence-electron chi connectivity index (χ3n) is 3.90. The monoisotopic (exact) mass is 285 g/mol. The molecule has 1 atom stereocenters. The van der Waals surface area contributed by atoms with E-state index in [-0.39, 0.29) is 0 Å². The van der Waals surface area contributed by atoms with Gasteiger partial charge in [0.2, 0.25) is 5.88 Å². The van der Waals surface area contributed by atoms with E-state index >= 15 is 0 Å². The molecule has 3 rings (SSSR count). The maximum atomic E-state index is 5.41. The lowest BCUT2D eigenvalue weighted by Gasteiger charge is -2.26. The summed E-state index contributed by atoms with van der Waals surface area (Å²) in [5.74, 6) is 0.543. The number of methoxy groups -OCH3 is 2. The lowest BCUT2D eigenvalue weighted by Crippen LogP contribution is -2.28. The smallest absolute Gasteiger partial charge is 0.319 e. The highest BCUT2D eigenvalue weighted by Gasteiger charge is 2.21. The molecule has 5 heteroatoms. The number of nitrogens with one attached hydrogen (secondary N) is 1. The van der Waals surface area contributed by atoms with Crippen molar-refractivity contribution in [2.75, 3.05) is 20.8 Å². The van der Waals surface area contributed by atoms with E-state index in [4.69, 9.17) is 9.47 Å². The molecule has 1 aliphatic rings. The minimum Gasteiger partial charge on any atom is -0.480 e. The van der Waals surface area contributed by atoms with Crippen LogP contribution in [-0.4, -0.2) is 30.7 Å². The number of aromatic nitrogens is 2. The van der Waals surface area contributed by atoms with E-state index in [9.17, 15) is 0 Å². The lowest BCUT2D eigenvalue weighted by atomic mass is 9.89. The first kappa shape index (κ1) is 13.8. The number of fused-ring (bicyclic) bond motifs is 1. The van der Waals surface area contributed by atoms with E-state index in [1.54, 1.807) is 20.4 Å². The summed E-state index contributed by atoms with van der Waals surface area (Å²) in [6.45, 7) is 3.16. The molecule has 0 bridgehead atoms. The van der Waals surface area contributed by atoms with E-state index < -0.39 is 0 Å². The van der Waals surface area contributed by atoms with Gasteiger partial charge >= 0.3 is 6.01 Å². The highest BCUT2D eigenvalue weighted by atomic mass is 16.5. The summed E-state index contributed by atoms with van der Waals surface area (Å²) in [6.07, 6.45) is 2.76. The van der Waals surface area contributed by atoms with Crippen LogP contribution in [0.5, 0.6) is 11.9 Å². The van der Waals surface area contributed by atoms with Gasteiger partial charge in [0.1, 0.15) is 0 Å². The van der Waals surface area contributed by atoms with Crippen molar-refractivity contribution in [3.8, 4) is 23.0 Å². The van der Waals surface area contributed by atoms with E-state index in [0.717, 1.165) is 24.1 Å². The van der Waals surface area contributed by atoms with Crippen LogP contribution in [0, 0.1) is 0 Å². The van der Waals surface area contributed by atoms with Crippen molar-refractivity contribution in [3.63, 3.8) is 0 Å². The van der Waals surface area contributed by atoms with Crippen LogP contribution >= 0.6 is 0 Å². The summed E-state index contributed by atoms with van der Waals surface area (Å²) in [5, 5.41) is 3.48. The van der Waals surface area contributed by atoms with Crippen LogP contribution in [0.2, 0.25) is 0 Å². The Bertz CT molecular complexity index is 658. The molecule has 0 saturated heterocycles. The van der Waals surface area contributed by atoms with Crippen LogP contribution < -0.4 is 14.8 Å². The first-order chi connectivity index (χ1) is 10.2. The summed E-state index contributed by atoms with van der Waals surface area (Å²) < 4.78 is 10.5. The fourth-order valence-corrected chi connectivity index (χ4v) is 2.85. The standard InChI is InChI=1S/C16H19N3O2/c1-10-11-5-4-6-12(13(11)7-8-17-10)14-9-18-16(21-3)19-15(14)20-2/h4-6,9-10,17H,7-8H2,1-3H3. The van der Waals surface area contributed by atoms with Crippen molar-refractivity contribution in [3.05, 3.63) is 35.5 Å². The zero-order valence-electron chi connectivity index (χ0n) is 12.5. The third kappa shape index (κ3) is 2.45. The van der Waals surface area contributed by atoms with Crippen molar-refractivity contribution in [2.45, 2.75) is 19.4 Å². The van der Waals surface area contributed by atoms with Gasteiger partial charge in [0.05, 0.1) is 19.8 Å². The van der Waals surface area contributed by atoms with Gasteiger partial charge in [-0.15, -0.1) is 0 Å². The van der Waals surface area contributed by atoms with Gasteiger partial charge in [-0.05, 0) is 36.6 Å². The average molecular weight is 285 g/mol. The Labute approximate surface area is 124 Å². The fourth-order valence-electron chi connectivity index (χ4n) is 2.85. The van der Waals surface area contributed by atoms with Crippen LogP contribution in [0.4, 0.5) is 0 Å². The molecular weight excluding hydrogens is 266 g/mol. The molecule has 1 aromatic heterocycles. The van der Waals surface area contributed by atoms with Gasteiger partial charge in [-0.2, -0.15) is 4.98 Å². The summed E-state index contributed by atoms with van der Waals surface area (Å²) in [6, 6.07) is 7.02. The molecule has 0 radical (unpaired) electrons. The van der Waals surface area contributed by atoms with Crippen LogP contribution in [0.25, 0.3) is 11.1 Å². The first-order valence-electron chi connectivity index (χ1n) is 7.05. The second kappa shape index (κ2) is 5.69. The van der Waals surface area contributed by atoms with Crippen molar-refractivity contribution >= 4 is 0 Å². The Morgan fingerprint density at radius 2 is 2.05 bits per heavy atom. The fraction of sp³-hybridized carbons (Fsp3) is 0.375. The number of rotatable bonds is 3. The Balaban J connectivity index is 2.15. The van der Waals surface area contributed by atoms with Gasteiger partial charge in [0.25, 0.3) is 0 Å². The molecule has 1 aromatic carbocycles. The quantitative estimate of drug-likeness (QED) is 0.938. The molecule has 0 fully saturated rings. The van der Waals surface area contributed by atoms with Gasteiger partial charge in [0, 0.05) is 12.2 Å². The summed E-state index contributed by atoms with van der Waals surface area (Å²) in [4.78, 5) is 8.50. The van der Waals surface area contributed by atoms with Crippen molar-refractivity contribution in [2.24, 2.45) is 0 Å². The van der Waals surface area contributed by atoms with Crippen LogP contribution in [0.15, 0.2) is 24.4 Å². The Hall–Kier alpha value is -2.14. The first-order valence-corrected chi connectivity index (χ1v) is 7.05. The summed E-state index contributed by atoms with van der Waals surface area (Å²) in [7, 11) is 3.16. The van der Waals surface area contributed by atoms with Gasteiger partial charge in [-0.25, -0.2) is 4.98 Å². The van der Waals surface area contributed by atoms with Crippen LogP contribution in [0.3, 0.4) is 0 Å². The summed E-state index contributed by atoms with van der Waals surface area (Å²) in [5.41, 5.74) is 4.72. The largest absolute Gasteiger partial charge is 0.480 e. The predicted molar refractivity (Wildman–Crippen MR) is 80.7 cm³/mol. The number of hydrogen-bond acceptors (Lipinski definition) is 5. The number of hydrogen-bond donors (Lipinski definition) is 1. The lowest BCUT2D eigenvalue weighted by molar-refractivity contribution is 0.353. The highest BCUT2D eigenvalue weighted by molar-refractivity contribution is 5.73. The third-order valence-corrected chi connectivity index (χ3v) is 3.90. The number of ether oxygens (including phenoxy) is 2. The van der Waals surface area contributed by atoms with Crippen LogP contribution in [0.1, 0.15) is 24.1 Å². The highest BCUT2D eigenvalue weighted by Crippen LogP contribution is 2.36. The van der Waals surface area contributed by atoms with Crippen LogP contribution in [-0.2, 0) is 6.42 Å². The minimum absolute atomic E-state index is 0.315. The molecule has 1 aliphatic heterocycles. The van der Waals surface area contributed by atoms with Gasteiger partial charge < -0.3 is 14.8 Å². The molecule has 110 valence electrons. The molecule has 0 saturated carbocycles. The molecule has 2 aromatic rings. The SMILES string of the molecule is COc1ncc(-c2cccc3c2CCNC3C)c(OC)n1. The molecule has 0 amide bonds. The van der Waals surface area contributed by atoms with E-state index in [2.05, 4.69) is 40.4 Å². The molecule has 0 spiro atoms. The molecule has 1 unspecified atom stereocenters. The van der Waals surface area contributed by atoms with E-state index in [1.807, 2.05) is 0 Å². The normalized spacial score (nSPS) is 17.2. The molecule has 21 heavy (non-hydrogen) atoms. The van der Waals surface area contributed by atoms with Crippen molar-refractivity contribution in [1.82, 2.24) is 15.3 Å². The molecular formula is C16H19N3O2. The zero-order chi connectivity index (χ0) is 14.8. The van der Waals surface area contributed by atoms with E-state index in [0.29, 0.717) is 17.9 Å². The average Bonchev–Trinajstić information content (AvgIpc) is 2.54. The topological polar surface area (TPSA) is 56.3 Å². The minimum atomic E-state index is 0.315.